The number of hydrogen-bond donors (Lipinski definition) is 1. The number of nitrogens with one attached hydrogen (secondary N) is 1. The van der Waals surface area contributed by atoms with Gasteiger partial charge in [0, 0.05) is 26.2 Å². The van der Waals surface area contributed by atoms with E-state index in [1.807, 2.05) is 18.9 Å². The smallest absolute Gasteiger partial charge is 0.268 e. The summed E-state index contributed by atoms with van der Waals surface area (Å²) >= 11 is 0. The van der Waals surface area contributed by atoms with E-state index in [-0.39, 0.29) is 5.56 Å². The zero-order chi connectivity index (χ0) is 12.7. The number of anilines is 1. The van der Waals surface area contributed by atoms with E-state index in [2.05, 4.69) is 17.3 Å². The summed E-state index contributed by atoms with van der Waals surface area (Å²) in [6.07, 6.45) is 2.67. The highest BCUT2D eigenvalue weighted by Crippen LogP contribution is 2.05. The first-order valence-corrected chi connectivity index (χ1v) is 6.18. The SMILES string of the molecule is CCNCCCn1ncc(N(C)CC)cc1=O. The maximum Gasteiger partial charge on any atom is 0.268 e. The minimum Gasteiger partial charge on any atom is -0.373 e. The van der Waals surface area contributed by atoms with Gasteiger partial charge in [0.2, 0.25) is 0 Å². The lowest BCUT2D eigenvalue weighted by molar-refractivity contribution is 0.527. The standard InChI is InChI=1S/C12H22N4O/c1-4-13-7-6-8-16-12(17)9-11(10-14-16)15(3)5-2/h9-10,13H,4-8H2,1-3H3. The van der Waals surface area contributed by atoms with Crippen molar-refractivity contribution in [2.75, 3.05) is 31.6 Å². The summed E-state index contributed by atoms with van der Waals surface area (Å²) in [7, 11) is 1.95. The van der Waals surface area contributed by atoms with Gasteiger partial charge in [0.25, 0.3) is 5.56 Å². The van der Waals surface area contributed by atoms with E-state index in [1.165, 1.54) is 4.68 Å². The average molecular weight is 238 g/mol. The van der Waals surface area contributed by atoms with Gasteiger partial charge in [-0.2, -0.15) is 5.10 Å². The van der Waals surface area contributed by atoms with E-state index in [9.17, 15) is 4.79 Å². The van der Waals surface area contributed by atoms with Crippen molar-refractivity contribution in [3.63, 3.8) is 0 Å². The van der Waals surface area contributed by atoms with Crippen LogP contribution < -0.4 is 15.8 Å². The van der Waals surface area contributed by atoms with Crippen molar-refractivity contribution in [2.45, 2.75) is 26.8 Å². The lowest BCUT2D eigenvalue weighted by Crippen LogP contribution is -2.27. The molecule has 0 radical (unpaired) electrons. The molecule has 0 spiro atoms. The summed E-state index contributed by atoms with van der Waals surface area (Å²) in [5.74, 6) is 0. The molecule has 0 aliphatic heterocycles. The summed E-state index contributed by atoms with van der Waals surface area (Å²) in [4.78, 5) is 13.8. The number of hydrogen-bond acceptors (Lipinski definition) is 4. The zero-order valence-corrected chi connectivity index (χ0v) is 10.9. The normalized spacial score (nSPS) is 10.5. The Morgan fingerprint density at radius 3 is 2.82 bits per heavy atom. The van der Waals surface area contributed by atoms with Crippen molar-refractivity contribution in [1.82, 2.24) is 15.1 Å². The lowest BCUT2D eigenvalue weighted by Gasteiger charge is -2.16. The van der Waals surface area contributed by atoms with Crippen LogP contribution in [0.15, 0.2) is 17.1 Å². The summed E-state index contributed by atoms with van der Waals surface area (Å²) in [6.45, 7) is 7.53. The number of nitrogens with zero attached hydrogens (tertiary/aromatic N) is 3. The molecular formula is C12H22N4O. The fourth-order valence-corrected chi connectivity index (χ4v) is 1.51. The Labute approximate surface area is 102 Å². The van der Waals surface area contributed by atoms with Gasteiger partial charge in [0.15, 0.2) is 0 Å². The molecule has 0 aliphatic rings. The van der Waals surface area contributed by atoms with Gasteiger partial charge in [-0.1, -0.05) is 6.92 Å². The van der Waals surface area contributed by atoms with Crippen molar-refractivity contribution in [3.8, 4) is 0 Å². The van der Waals surface area contributed by atoms with Crippen LogP contribution in [0.2, 0.25) is 0 Å². The Morgan fingerprint density at radius 2 is 2.24 bits per heavy atom. The molecule has 0 aromatic carbocycles. The highest BCUT2D eigenvalue weighted by atomic mass is 16.1. The summed E-state index contributed by atoms with van der Waals surface area (Å²) in [5.41, 5.74) is 0.847. The molecule has 1 rings (SSSR count). The van der Waals surface area contributed by atoms with E-state index < -0.39 is 0 Å². The van der Waals surface area contributed by atoms with Gasteiger partial charge in [0.05, 0.1) is 11.9 Å². The van der Waals surface area contributed by atoms with E-state index in [0.717, 1.165) is 31.7 Å². The lowest BCUT2D eigenvalue weighted by atomic mass is 10.4. The Balaban J connectivity index is 2.60. The zero-order valence-electron chi connectivity index (χ0n) is 10.9. The van der Waals surface area contributed by atoms with Gasteiger partial charge in [-0.3, -0.25) is 4.79 Å². The van der Waals surface area contributed by atoms with Gasteiger partial charge in [-0.25, -0.2) is 4.68 Å². The number of aromatic nitrogens is 2. The molecule has 0 aliphatic carbocycles. The highest BCUT2D eigenvalue weighted by Gasteiger charge is 2.02. The average Bonchev–Trinajstić information content (AvgIpc) is 2.35. The van der Waals surface area contributed by atoms with Crippen LogP contribution >= 0.6 is 0 Å². The molecule has 0 amide bonds. The highest BCUT2D eigenvalue weighted by molar-refractivity contribution is 5.41. The molecule has 1 heterocycles. The first-order valence-electron chi connectivity index (χ1n) is 6.18. The van der Waals surface area contributed by atoms with Gasteiger partial charge >= 0.3 is 0 Å². The predicted molar refractivity (Wildman–Crippen MR) is 70.6 cm³/mol. The Hall–Kier alpha value is -1.36. The molecule has 0 bridgehead atoms. The molecule has 0 saturated heterocycles. The Bertz CT molecular complexity index is 388. The number of rotatable bonds is 7. The second-order valence-corrected chi connectivity index (χ2v) is 4.00. The van der Waals surface area contributed by atoms with Gasteiger partial charge in [-0.05, 0) is 26.4 Å². The van der Waals surface area contributed by atoms with Crippen LogP contribution in [0.1, 0.15) is 20.3 Å². The van der Waals surface area contributed by atoms with Crippen molar-refractivity contribution >= 4 is 5.69 Å². The first kappa shape index (κ1) is 13.7. The molecule has 5 nitrogen and oxygen atoms in total. The quantitative estimate of drug-likeness (QED) is 0.710. The van der Waals surface area contributed by atoms with E-state index in [1.54, 1.807) is 12.3 Å². The van der Waals surface area contributed by atoms with E-state index in [4.69, 9.17) is 0 Å². The van der Waals surface area contributed by atoms with E-state index >= 15 is 0 Å². The third-order valence-electron chi connectivity index (χ3n) is 2.74. The second kappa shape index (κ2) is 7.06. The largest absolute Gasteiger partial charge is 0.373 e. The Kier molecular flexibility index (Phi) is 5.69. The molecule has 0 fully saturated rings. The van der Waals surface area contributed by atoms with Crippen LogP contribution in [-0.2, 0) is 6.54 Å². The molecule has 1 aromatic heterocycles. The van der Waals surface area contributed by atoms with Crippen LogP contribution in [-0.4, -0.2) is 36.5 Å². The van der Waals surface area contributed by atoms with Gasteiger partial charge in [0.1, 0.15) is 0 Å². The maximum atomic E-state index is 11.8. The molecule has 96 valence electrons. The maximum absolute atomic E-state index is 11.8. The van der Waals surface area contributed by atoms with Crippen LogP contribution in [0.3, 0.4) is 0 Å². The fourth-order valence-electron chi connectivity index (χ4n) is 1.51. The van der Waals surface area contributed by atoms with Crippen molar-refractivity contribution in [2.24, 2.45) is 0 Å². The van der Waals surface area contributed by atoms with Gasteiger partial charge in [-0.15, -0.1) is 0 Å². The van der Waals surface area contributed by atoms with Crippen LogP contribution in [0, 0.1) is 0 Å². The summed E-state index contributed by atoms with van der Waals surface area (Å²) in [5, 5.41) is 7.40. The van der Waals surface area contributed by atoms with Crippen LogP contribution in [0.5, 0.6) is 0 Å². The number of aryl methyl sites for hydroxylation is 1. The third kappa shape index (κ3) is 4.19. The van der Waals surface area contributed by atoms with Gasteiger partial charge < -0.3 is 10.2 Å². The summed E-state index contributed by atoms with van der Waals surface area (Å²) in [6, 6.07) is 1.64. The molecule has 0 saturated carbocycles. The third-order valence-corrected chi connectivity index (χ3v) is 2.74. The first-order chi connectivity index (χ1) is 8.19. The fraction of sp³-hybridized carbons (Fsp3) is 0.667. The monoisotopic (exact) mass is 238 g/mol. The minimum absolute atomic E-state index is 0.0284. The topological polar surface area (TPSA) is 50.2 Å². The van der Waals surface area contributed by atoms with E-state index in [0.29, 0.717) is 6.54 Å². The molecule has 0 atom stereocenters. The molecule has 5 heteroatoms. The van der Waals surface area contributed by atoms with Crippen molar-refractivity contribution < 1.29 is 0 Å². The minimum atomic E-state index is -0.0284. The van der Waals surface area contributed by atoms with Crippen LogP contribution in [0.25, 0.3) is 0 Å². The summed E-state index contributed by atoms with van der Waals surface area (Å²) < 4.78 is 1.52. The van der Waals surface area contributed by atoms with Crippen LogP contribution in [0.4, 0.5) is 5.69 Å². The molecule has 0 unspecified atom stereocenters. The molecular weight excluding hydrogens is 216 g/mol. The van der Waals surface area contributed by atoms with Crippen molar-refractivity contribution in [3.05, 3.63) is 22.6 Å². The molecule has 1 aromatic rings. The molecule has 1 N–H and O–H groups in total. The van der Waals surface area contributed by atoms with Crippen molar-refractivity contribution in [1.29, 1.82) is 0 Å². The Morgan fingerprint density at radius 1 is 1.47 bits per heavy atom. The predicted octanol–water partition coefficient (Wildman–Crippen LogP) is 0.699. The second-order valence-electron chi connectivity index (χ2n) is 4.00. The molecule has 17 heavy (non-hydrogen) atoms.